The molecular weight excluding hydrogens is 247 g/mol. The summed E-state index contributed by atoms with van der Waals surface area (Å²) >= 11 is 0. The average Bonchev–Trinajstić information content (AvgIpc) is 2.20. The van der Waals surface area contributed by atoms with Gasteiger partial charge in [-0.25, -0.2) is 13.2 Å². The molecule has 0 aliphatic carbocycles. The first-order valence-corrected chi connectivity index (χ1v) is 5.28. The van der Waals surface area contributed by atoms with Crippen LogP contribution in [0.15, 0.2) is 12.1 Å². The Labute approximate surface area is 102 Å². The number of nitrogens with two attached hydrogens (primary N) is 1. The van der Waals surface area contributed by atoms with E-state index in [-0.39, 0.29) is 5.56 Å². The first-order valence-electron chi connectivity index (χ1n) is 5.28. The highest BCUT2D eigenvalue weighted by Crippen LogP contribution is 2.31. The van der Waals surface area contributed by atoms with Gasteiger partial charge in [0.15, 0.2) is 17.5 Å². The number of carboxylic acid groups (broad SMARTS) is 1. The van der Waals surface area contributed by atoms with Crippen LogP contribution in [0.4, 0.5) is 13.2 Å². The third-order valence-electron chi connectivity index (χ3n) is 2.69. The molecule has 0 saturated carbocycles. The molecule has 0 heterocycles. The number of rotatable bonds is 4. The average molecular weight is 261 g/mol. The first-order chi connectivity index (χ1) is 8.12. The zero-order valence-electron chi connectivity index (χ0n) is 10.0. The Kier molecular flexibility index (Phi) is 4.01. The molecule has 0 aliphatic heterocycles. The Balaban J connectivity index is 3.26. The molecule has 1 unspecified atom stereocenters. The number of carbonyl (C=O) groups is 1. The summed E-state index contributed by atoms with van der Waals surface area (Å²) in [4.78, 5) is 10.7. The molecule has 1 rings (SSSR count). The lowest BCUT2D eigenvalue weighted by molar-refractivity contribution is -0.137. The van der Waals surface area contributed by atoms with Crippen LogP contribution in [0, 0.1) is 17.5 Å². The van der Waals surface area contributed by atoms with Crippen molar-refractivity contribution in [3.05, 3.63) is 35.1 Å². The molecule has 0 aliphatic rings. The monoisotopic (exact) mass is 261 g/mol. The van der Waals surface area contributed by atoms with Crippen molar-refractivity contribution < 1.29 is 23.1 Å². The van der Waals surface area contributed by atoms with Gasteiger partial charge in [0.25, 0.3) is 0 Å². The maximum absolute atomic E-state index is 13.1. The maximum Gasteiger partial charge on any atom is 0.304 e. The number of benzene rings is 1. The van der Waals surface area contributed by atoms with Crippen LogP contribution in [0.1, 0.15) is 31.7 Å². The fourth-order valence-corrected chi connectivity index (χ4v) is 1.76. The van der Waals surface area contributed by atoms with Gasteiger partial charge in [-0.1, -0.05) is 0 Å². The van der Waals surface area contributed by atoms with Crippen LogP contribution in [-0.2, 0) is 4.79 Å². The molecule has 3 nitrogen and oxygen atoms in total. The van der Waals surface area contributed by atoms with Crippen molar-refractivity contribution in [3.8, 4) is 0 Å². The summed E-state index contributed by atoms with van der Waals surface area (Å²) in [5.41, 5.74) is 4.82. The number of hydrogen-bond acceptors (Lipinski definition) is 2. The molecule has 0 saturated heterocycles. The highest BCUT2D eigenvalue weighted by molar-refractivity contribution is 5.68. The summed E-state index contributed by atoms with van der Waals surface area (Å²) in [6.45, 7) is 3.08. The number of aliphatic carboxylic acids is 1. The van der Waals surface area contributed by atoms with Crippen molar-refractivity contribution in [2.75, 3.05) is 0 Å². The standard InChI is InChI=1S/C12H14F3NO2/c1-12(2,16)7(5-10(17)18)6-3-8(13)11(15)9(14)4-6/h3-4,7H,5,16H2,1-2H3,(H,17,18). The molecule has 0 spiro atoms. The Morgan fingerprint density at radius 2 is 1.78 bits per heavy atom. The minimum Gasteiger partial charge on any atom is -0.481 e. The summed E-state index contributed by atoms with van der Waals surface area (Å²) in [5, 5.41) is 8.78. The smallest absolute Gasteiger partial charge is 0.304 e. The fraction of sp³-hybridized carbons (Fsp3) is 0.417. The zero-order valence-corrected chi connectivity index (χ0v) is 10.0. The van der Waals surface area contributed by atoms with E-state index in [0.717, 1.165) is 12.1 Å². The second-order valence-corrected chi connectivity index (χ2v) is 4.77. The van der Waals surface area contributed by atoms with Gasteiger partial charge in [-0.2, -0.15) is 0 Å². The maximum atomic E-state index is 13.1. The van der Waals surface area contributed by atoms with Crippen LogP contribution in [0.5, 0.6) is 0 Å². The van der Waals surface area contributed by atoms with Gasteiger partial charge < -0.3 is 10.8 Å². The van der Waals surface area contributed by atoms with Gasteiger partial charge in [0, 0.05) is 11.5 Å². The van der Waals surface area contributed by atoms with Gasteiger partial charge >= 0.3 is 5.97 Å². The van der Waals surface area contributed by atoms with Crippen LogP contribution in [0.2, 0.25) is 0 Å². The van der Waals surface area contributed by atoms with Crippen LogP contribution >= 0.6 is 0 Å². The molecule has 6 heteroatoms. The number of hydrogen-bond donors (Lipinski definition) is 2. The van der Waals surface area contributed by atoms with E-state index in [9.17, 15) is 18.0 Å². The highest BCUT2D eigenvalue weighted by Gasteiger charge is 2.30. The van der Waals surface area contributed by atoms with Crippen molar-refractivity contribution >= 4 is 5.97 Å². The normalized spacial score (nSPS) is 13.4. The van der Waals surface area contributed by atoms with Gasteiger partial charge in [0.05, 0.1) is 6.42 Å². The van der Waals surface area contributed by atoms with E-state index in [1.54, 1.807) is 13.8 Å². The van der Waals surface area contributed by atoms with Crippen LogP contribution in [-0.4, -0.2) is 16.6 Å². The van der Waals surface area contributed by atoms with Gasteiger partial charge in [-0.05, 0) is 31.5 Å². The van der Waals surface area contributed by atoms with E-state index in [2.05, 4.69) is 0 Å². The second kappa shape index (κ2) is 4.97. The Morgan fingerprint density at radius 3 is 2.11 bits per heavy atom. The molecule has 3 N–H and O–H groups in total. The van der Waals surface area contributed by atoms with E-state index in [0.29, 0.717) is 0 Å². The highest BCUT2D eigenvalue weighted by atomic mass is 19.2. The van der Waals surface area contributed by atoms with E-state index in [4.69, 9.17) is 10.8 Å². The predicted molar refractivity (Wildman–Crippen MR) is 59.6 cm³/mol. The van der Waals surface area contributed by atoms with Crippen LogP contribution < -0.4 is 5.73 Å². The third-order valence-corrected chi connectivity index (χ3v) is 2.69. The molecule has 100 valence electrons. The number of carboxylic acids is 1. The van der Waals surface area contributed by atoms with Gasteiger partial charge in [0.1, 0.15) is 0 Å². The van der Waals surface area contributed by atoms with E-state index < -0.39 is 41.3 Å². The SMILES string of the molecule is CC(C)(N)C(CC(=O)O)c1cc(F)c(F)c(F)c1. The summed E-state index contributed by atoms with van der Waals surface area (Å²) in [5.74, 6) is -6.26. The van der Waals surface area contributed by atoms with Crippen molar-refractivity contribution in [3.63, 3.8) is 0 Å². The van der Waals surface area contributed by atoms with Crippen LogP contribution in [0.25, 0.3) is 0 Å². The van der Waals surface area contributed by atoms with Gasteiger partial charge in [-0.15, -0.1) is 0 Å². The van der Waals surface area contributed by atoms with Crippen LogP contribution in [0.3, 0.4) is 0 Å². The lowest BCUT2D eigenvalue weighted by Gasteiger charge is -2.30. The first kappa shape index (κ1) is 14.5. The van der Waals surface area contributed by atoms with E-state index in [1.165, 1.54) is 0 Å². The molecule has 0 radical (unpaired) electrons. The number of halogens is 3. The van der Waals surface area contributed by atoms with Crippen molar-refractivity contribution in [1.29, 1.82) is 0 Å². The lowest BCUT2D eigenvalue weighted by atomic mass is 9.80. The van der Waals surface area contributed by atoms with Gasteiger partial charge in [0.2, 0.25) is 0 Å². The van der Waals surface area contributed by atoms with Crippen molar-refractivity contribution in [2.45, 2.75) is 31.7 Å². The lowest BCUT2D eigenvalue weighted by Crippen LogP contribution is -2.40. The van der Waals surface area contributed by atoms with E-state index >= 15 is 0 Å². The molecule has 1 aromatic rings. The Bertz CT molecular complexity index is 446. The predicted octanol–water partition coefficient (Wildman–Crippen LogP) is 2.40. The summed E-state index contributed by atoms with van der Waals surface area (Å²) in [6, 6.07) is 1.56. The molecule has 1 aromatic carbocycles. The minimum absolute atomic E-state index is 0.0290. The third kappa shape index (κ3) is 3.22. The van der Waals surface area contributed by atoms with Gasteiger partial charge in [-0.3, -0.25) is 4.79 Å². The second-order valence-electron chi connectivity index (χ2n) is 4.77. The molecule has 0 aromatic heterocycles. The van der Waals surface area contributed by atoms with Crippen molar-refractivity contribution in [1.82, 2.24) is 0 Å². The fourth-order valence-electron chi connectivity index (χ4n) is 1.76. The molecule has 0 amide bonds. The van der Waals surface area contributed by atoms with Crippen molar-refractivity contribution in [2.24, 2.45) is 5.73 Å². The summed E-state index contributed by atoms with van der Waals surface area (Å²) in [6.07, 6.45) is -0.395. The molecule has 0 fully saturated rings. The topological polar surface area (TPSA) is 63.3 Å². The Hall–Kier alpha value is -1.56. The largest absolute Gasteiger partial charge is 0.481 e. The minimum atomic E-state index is -1.58. The Morgan fingerprint density at radius 1 is 1.33 bits per heavy atom. The summed E-state index contributed by atoms with van der Waals surface area (Å²) < 4.78 is 39.1. The zero-order chi connectivity index (χ0) is 14.1. The molecule has 18 heavy (non-hydrogen) atoms. The molecular formula is C12H14F3NO2. The molecule has 1 atom stereocenters. The summed E-state index contributed by atoms with van der Waals surface area (Å²) in [7, 11) is 0. The van der Waals surface area contributed by atoms with E-state index in [1.807, 2.05) is 0 Å². The molecule has 0 bridgehead atoms. The quantitative estimate of drug-likeness (QED) is 0.818.